The predicted octanol–water partition coefficient (Wildman–Crippen LogP) is 3.13. The highest BCUT2D eigenvalue weighted by Crippen LogP contribution is 2.29. The number of nitrogens with one attached hydrogen (secondary N) is 2. The molecule has 0 heterocycles. The van der Waals surface area contributed by atoms with E-state index in [4.69, 9.17) is 9.47 Å². The molecule has 0 bridgehead atoms. The number of hydrogen-bond donors (Lipinski definition) is 2. The molecule has 0 aliphatic heterocycles. The number of methoxy groups -OCH3 is 2. The number of aryl methyl sites for hydroxylation is 1. The average molecular weight is 328 g/mol. The van der Waals surface area contributed by atoms with Crippen LogP contribution in [0.25, 0.3) is 0 Å². The van der Waals surface area contributed by atoms with Crippen molar-refractivity contribution in [1.29, 1.82) is 0 Å². The van der Waals surface area contributed by atoms with Crippen LogP contribution in [-0.2, 0) is 11.3 Å². The van der Waals surface area contributed by atoms with Gasteiger partial charge in [0.05, 0.1) is 14.2 Å². The summed E-state index contributed by atoms with van der Waals surface area (Å²) < 4.78 is 10.4. The summed E-state index contributed by atoms with van der Waals surface area (Å²) in [7, 11) is 3.15. The first-order valence-electron chi connectivity index (χ1n) is 7.90. The summed E-state index contributed by atoms with van der Waals surface area (Å²) >= 11 is 0. The van der Waals surface area contributed by atoms with E-state index in [0.29, 0.717) is 30.2 Å². The van der Waals surface area contributed by atoms with Crippen LogP contribution in [-0.4, -0.2) is 26.7 Å². The normalized spacial score (nSPS) is 10.3. The van der Waals surface area contributed by atoms with E-state index in [0.717, 1.165) is 6.54 Å². The Morgan fingerprint density at radius 1 is 1.04 bits per heavy atom. The van der Waals surface area contributed by atoms with E-state index in [1.165, 1.54) is 11.1 Å². The lowest BCUT2D eigenvalue weighted by atomic mass is 10.1. The quantitative estimate of drug-likeness (QED) is 0.731. The molecule has 0 unspecified atom stereocenters. The van der Waals surface area contributed by atoms with Gasteiger partial charge in [-0.25, -0.2) is 0 Å². The number of benzene rings is 2. The van der Waals surface area contributed by atoms with Crippen LogP contribution in [0.15, 0.2) is 42.5 Å². The molecule has 0 fully saturated rings. The zero-order valence-electron chi connectivity index (χ0n) is 14.4. The zero-order valence-corrected chi connectivity index (χ0v) is 14.4. The van der Waals surface area contributed by atoms with Gasteiger partial charge in [-0.05, 0) is 24.6 Å². The molecule has 2 aromatic rings. The molecular formula is C19H24N2O3. The third-order valence-corrected chi connectivity index (χ3v) is 3.61. The molecule has 1 amide bonds. The molecule has 0 aromatic heterocycles. The number of carbonyl (C=O) groups excluding carboxylic acids is 1. The van der Waals surface area contributed by atoms with Crippen LogP contribution in [0.4, 0.5) is 5.69 Å². The molecule has 128 valence electrons. The molecule has 0 atom stereocenters. The van der Waals surface area contributed by atoms with Gasteiger partial charge in [0.15, 0.2) is 11.5 Å². The molecule has 0 aliphatic rings. The molecule has 0 spiro atoms. The van der Waals surface area contributed by atoms with E-state index in [1.807, 2.05) is 6.07 Å². The van der Waals surface area contributed by atoms with Crippen molar-refractivity contribution in [3.8, 4) is 11.5 Å². The van der Waals surface area contributed by atoms with E-state index in [9.17, 15) is 4.79 Å². The molecule has 0 radical (unpaired) electrons. The van der Waals surface area contributed by atoms with Crippen molar-refractivity contribution in [2.24, 2.45) is 0 Å². The first-order valence-corrected chi connectivity index (χ1v) is 7.90. The van der Waals surface area contributed by atoms with Crippen molar-refractivity contribution >= 4 is 11.6 Å². The number of carbonyl (C=O) groups is 1. The summed E-state index contributed by atoms with van der Waals surface area (Å²) in [6, 6.07) is 13.6. The van der Waals surface area contributed by atoms with Crippen LogP contribution in [0.2, 0.25) is 0 Å². The third-order valence-electron chi connectivity index (χ3n) is 3.61. The summed E-state index contributed by atoms with van der Waals surface area (Å²) in [5.74, 6) is 1.18. The fraction of sp³-hybridized carbons (Fsp3) is 0.316. The predicted molar refractivity (Wildman–Crippen MR) is 95.7 cm³/mol. The Hall–Kier alpha value is -2.53. The lowest BCUT2D eigenvalue weighted by Crippen LogP contribution is -2.21. The minimum absolute atomic E-state index is 0.0426. The van der Waals surface area contributed by atoms with Crippen LogP contribution in [0, 0.1) is 6.92 Å². The fourth-order valence-corrected chi connectivity index (χ4v) is 2.39. The molecule has 5 nitrogen and oxygen atoms in total. The van der Waals surface area contributed by atoms with E-state index in [2.05, 4.69) is 35.8 Å². The topological polar surface area (TPSA) is 59.6 Å². The Labute approximate surface area is 143 Å². The van der Waals surface area contributed by atoms with Crippen molar-refractivity contribution in [2.45, 2.75) is 19.9 Å². The van der Waals surface area contributed by atoms with Crippen molar-refractivity contribution in [1.82, 2.24) is 5.32 Å². The van der Waals surface area contributed by atoms with Crippen LogP contribution < -0.4 is 20.1 Å². The second-order valence-corrected chi connectivity index (χ2v) is 5.53. The maximum Gasteiger partial charge on any atom is 0.225 e. The summed E-state index contributed by atoms with van der Waals surface area (Å²) in [4.78, 5) is 12.0. The lowest BCUT2D eigenvalue weighted by molar-refractivity contribution is -0.116. The van der Waals surface area contributed by atoms with E-state index < -0.39 is 0 Å². The highest BCUT2D eigenvalue weighted by atomic mass is 16.5. The Morgan fingerprint density at radius 2 is 1.83 bits per heavy atom. The first kappa shape index (κ1) is 17.8. The summed E-state index contributed by atoms with van der Waals surface area (Å²) in [5, 5.41) is 6.14. The Kier molecular flexibility index (Phi) is 6.63. The molecule has 5 heteroatoms. The molecule has 0 saturated carbocycles. The van der Waals surface area contributed by atoms with Crippen LogP contribution in [0.3, 0.4) is 0 Å². The van der Waals surface area contributed by atoms with Gasteiger partial charge in [-0.1, -0.05) is 29.8 Å². The molecule has 24 heavy (non-hydrogen) atoms. The highest BCUT2D eigenvalue weighted by Gasteiger charge is 2.07. The van der Waals surface area contributed by atoms with Gasteiger partial charge in [-0.3, -0.25) is 4.79 Å². The van der Waals surface area contributed by atoms with E-state index in [-0.39, 0.29) is 5.91 Å². The van der Waals surface area contributed by atoms with Gasteiger partial charge in [0.25, 0.3) is 0 Å². The van der Waals surface area contributed by atoms with Gasteiger partial charge in [0, 0.05) is 31.3 Å². The highest BCUT2D eigenvalue weighted by molar-refractivity contribution is 5.91. The SMILES string of the molecule is COc1ccc(NC(=O)CCNCc2cccc(C)c2)cc1OC. The van der Waals surface area contributed by atoms with E-state index in [1.54, 1.807) is 32.4 Å². The van der Waals surface area contributed by atoms with Crippen LogP contribution in [0.1, 0.15) is 17.5 Å². The lowest BCUT2D eigenvalue weighted by Gasteiger charge is -2.11. The number of rotatable bonds is 8. The minimum atomic E-state index is -0.0426. The average Bonchev–Trinajstić information content (AvgIpc) is 2.58. The molecular weight excluding hydrogens is 304 g/mol. The fourth-order valence-electron chi connectivity index (χ4n) is 2.39. The summed E-state index contributed by atoms with van der Waals surface area (Å²) in [6.45, 7) is 3.44. The van der Waals surface area contributed by atoms with Gasteiger partial charge < -0.3 is 20.1 Å². The number of hydrogen-bond acceptors (Lipinski definition) is 4. The van der Waals surface area contributed by atoms with Crippen molar-refractivity contribution in [3.63, 3.8) is 0 Å². The largest absolute Gasteiger partial charge is 0.493 e. The third kappa shape index (κ3) is 5.28. The molecule has 0 aliphatic carbocycles. The second kappa shape index (κ2) is 8.93. The molecule has 2 aromatic carbocycles. The molecule has 2 N–H and O–H groups in total. The van der Waals surface area contributed by atoms with E-state index >= 15 is 0 Å². The standard InChI is InChI=1S/C19H24N2O3/c1-14-5-4-6-15(11-14)13-20-10-9-19(22)21-16-7-8-17(23-2)18(12-16)24-3/h4-8,11-12,20H,9-10,13H2,1-3H3,(H,21,22). The first-order chi connectivity index (χ1) is 11.6. The monoisotopic (exact) mass is 328 g/mol. The minimum Gasteiger partial charge on any atom is -0.493 e. The Balaban J connectivity index is 1.77. The maximum atomic E-state index is 12.0. The van der Waals surface area contributed by atoms with Crippen molar-refractivity contribution < 1.29 is 14.3 Å². The number of ether oxygens (including phenoxy) is 2. The number of amides is 1. The van der Waals surface area contributed by atoms with Crippen LogP contribution >= 0.6 is 0 Å². The Bertz CT molecular complexity index is 686. The maximum absolute atomic E-state index is 12.0. The van der Waals surface area contributed by atoms with Gasteiger partial charge in [0.2, 0.25) is 5.91 Å². The van der Waals surface area contributed by atoms with Gasteiger partial charge in [-0.2, -0.15) is 0 Å². The summed E-state index contributed by atoms with van der Waals surface area (Å²) in [5.41, 5.74) is 3.15. The van der Waals surface area contributed by atoms with Gasteiger partial charge >= 0.3 is 0 Å². The molecule has 2 rings (SSSR count). The Morgan fingerprint density at radius 3 is 2.54 bits per heavy atom. The second-order valence-electron chi connectivity index (χ2n) is 5.53. The van der Waals surface area contributed by atoms with Crippen LogP contribution in [0.5, 0.6) is 11.5 Å². The smallest absolute Gasteiger partial charge is 0.225 e. The van der Waals surface area contributed by atoms with Crippen molar-refractivity contribution in [2.75, 3.05) is 26.1 Å². The zero-order chi connectivity index (χ0) is 17.4. The number of anilines is 1. The molecule has 0 saturated heterocycles. The van der Waals surface area contributed by atoms with Gasteiger partial charge in [0.1, 0.15) is 0 Å². The van der Waals surface area contributed by atoms with Crippen molar-refractivity contribution in [3.05, 3.63) is 53.6 Å². The van der Waals surface area contributed by atoms with Gasteiger partial charge in [-0.15, -0.1) is 0 Å². The summed E-state index contributed by atoms with van der Waals surface area (Å²) in [6.07, 6.45) is 0.403.